The van der Waals surface area contributed by atoms with E-state index in [0.29, 0.717) is 5.41 Å². The molecule has 1 aromatic rings. The van der Waals surface area contributed by atoms with Gasteiger partial charge in [0.2, 0.25) is 0 Å². The van der Waals surface area contributed by atoms with Gasteiger partial charge in [0.1, 0.15) is 0 Å². The summed E-state index contributed by atoms with van der Waals surface area (Å²) in [6.45, 7) is 9.00. The molecule has 0 fully saturated rings. The van der Waals surface area contributed by atoms with Gasteiger partial charge in [0, 0.05) is 26.0 Å². The monoisotopic (exact) mass is 208 g/mol. The molecule has 86 valence electrons. The lowest BCUT2D eigenvalue weighted by Gasteiger charge is -2.17. The van der Waals surface area contributed by atoms with Crippen LogP contribution < -0.4 is 5.32 Å². The molecule has 1 rings (SSSR count). The third-order valence-electron chi connectivity index (χ3n) is 2.50. The van der Waals surface area contributed by atoms with E-state index in [0.717, 1.165) is 13.1 Å². The zero-order valence-corrected chi connectivity index (χ0v) is 10.5. The van der Waals surface area contributed by atoms with Crippen LogP contribution in [0.5, 0.6) is 0 Å². The summed E-state index contributed by atoms with van der Waals surface area (Å²) in [5.74, 6) is 0. The van der Waals surface area contributed by atoms with Gasteiger partial charge in [-0.05, 0) is 36.4 Å². The second-order valence-electron chi connectivity index (χ2n) is 5.53. The summed E-state index contributed by atoms with van der Waals surface area (Å²) in [6, 6.07) is 2.16. The predicted molar refractivity (Wildman–Crippen MR) is 65.8 cm³/mol. The minimum Gasteiger partial charge on any atom is -0.357 e. The van der Waals surface area contributed by atoms with Gasteiger partial charge in [-0.25, -0.2) is 0 Å². The number of nitrogens with zero attached hydrogens (tertiary/aromatic N) is 1. The van der Waals surface area contributed by atoms with E-state index in [9.17, 15) is 0 Å². The second-order valence-corrected chi connectivity index (χ2v) is 5.53. The molecule has 0 saturated heterocycles. The Hall–Kier alpha value is -0.760. The van der Waals surface area contributed by atoms with Crippen molar-refractivity contribution in [1.29, 1.82) is 0 Å². The quantitative estimate of drug-likeness (QED) is 0.736. The van der Waals surface area contributed by atoms with Crippen LogP contribution in [0, 0.1) is 5.41 Å². The van der Waals surface area contributed by atoms with Crippen molar-refractivity contribution in [2.24, 2.45) is 12.5 Å². The molecular weight excluding hydrogens is 184 g/mol. The van der Waals surface area contributed by atoms with E-state index >= 15 is 0 Å². The standard InChI is InChI=1S/C13H24N2/c1-13(2,3)7-5-8-14-10-12-6-9-15(4)11-12/h6,9,11,14H,5,7-8,10H2,1-4H3. The highest BCUT2D eigenvalue weighted by atomic mass is 14.9. The Bertz CT molecular complexity index is 281. The largest absolute Gasteiger partial charge is 0.357 e. The number of hydrogen-bond donors (Lipinski definition) is 1. The van der Waals surface area contributed by atoms with E-state index < -0.39 is 0 Å². The first-order chi connectivity index (χ1) is 6.97. The molecule has 15 heavy (non-hydrogen) atoms. The van der Waals surface area contributed by atoms with Gasteiger partial charge in [0.25, 0.3) is 0 Å². The van der Waals surface area contributed by atoms with Crippen LogP contribution in [-0.4, -0.2) is 11.1 Å². The maximum Gasteiger partial charge on any atom is 0.0220 e. The minimum atomic E-state index is 0.467. The van der Waals surface area contributed by atoms with E-state index in [4.69, 9.17) is 0 Å². The molecule has 0 bridgehead atoms. The molecule has 0 saturated carbocycles. The van der Waals surface area contributed by atoms with Gasteiger partial charge >= 0.3 is 0 Å². The van der Waals surface area contributed by atoms with Crippen LogP contribution in [0.25, 0.3) is 0 Å². The van der Waals surface area contributed by atoms with Crippen LogP contribution in [0.3, 0.4) is 0 Å². The highest BCUT2D eigenvalue weighted by Crippen LogP contribution is 2.19. The minimum absolute atomic E-state index is 0.467. The fourth-order valence-corrected chi connectivity index (χ4v) is 1.64. The van der Waals surface area contributed by atoms with Crippen LogP contribution in [0.4, 0.5) is 0 Å². The Labute approximate surface area is 93.7 Å². The molecule has 1 heterocycles. The van der Waals surface area contributed by atoms with Crippen molar-refractivity contribution in [2.75, 3.05) is 6.54 Å². The van der Waals surface area contributed by atoms with Crippen LogP contribution in [0.2, 0.25) is 0 Å². The molecule has 0 aromatic carbocycles. The molecule has 0 spiro atoms. The fourth-order valence-electron chi connectivity index (χ4n) is 1.64. The summed E-state index contributed by atoms with van der Waals surface area (Å²) in [5.41, 5.74) is 1.84. The molecule has 2 nitrogen and oxygen atoms in total. The smallest absolute Gasteiger partial charge is 0.0220 e. The average Bonchev–Trinajstić information content (AvgIpc) is 2.49. The van der Waals surface area contributed by atoms with Gasteiger partial charge in [-0.3, -0.25) is 0 Å². The average molecular weight is 208 g/mol. The lowest BCUT2D eigenvalue weighted by atomic mass is 9.91. The first-order valence-electron chi connectivity index (χ1n) is 5.79. The molecule has 0 unspecified atom stereocenters. The molecule has 2 heteroatoms. The zero-order valence-electron chi connectivity index (χ0n) is 10.5. The summed E-state index contributed by atoms with van der Waals surface area (Å²) in [4.78, 5) is 0. The molecule has 0 aliphatic heterocycles. The summed E-state index contributed by atoms with van der Waals surface area (Å²) < 4.78 is 2.09. The highest BCUT2D eigenvalue weighted by Gasteiger charge is 2.08. The fraction of sp³-hybridized carbons (Fsp3) is 0.692. The molecule has 0 aliphatic carbocycles. The SMILES string of the molecule is Cn1ccc(CNCCCC(C)(C)C)c1. The van der Waals surface area contributed by atoms with E-state index in [1.165, 1.54) is 18.4 Å². The molecule has 0 aliphatic rings. The van der Waals surface area contributed by atoms with Crippen molar-refractivity contribution in [1.82, 2.24) is 9.88 Å². The van der Waals surface area contributed by atoms with Crippen molar-refractivity contribution in [3.8, 4) is 0 Å². The van der Waals surface area contributed by atoms with Crippen molar-refractivity contribution in [2.45, 2.75) is 40.2 Å². The Morgan fingerprint density at radius 1 is 1.33 bits per heavy atom. The van der Waals surface area contributed by atoms with E-state index in [1.807, 2.05) is 0 Å². The maximum absolute atomic E-state index is 3.47. The summed E-state index contributed by atoms with van der Waals surface area (Å²) in [6.07, 6.45) is 6.80. The molecule has 1 aromatic heterocycles. The zero-order chi connectivity index (χ0) is 11.3. The van der Waals surface area contributed by atoms with Gasteiger partial charge in [-0.15, -0.1) is 0 Å². The Morgan fingerprint density at radius 3 is 2.60 bits per heavy atom. The van der Waals surface area contributed by atoms with Crippen LogP contribution in [0.15, 0.2) is 18.5 Å². The van der Waals surface area contributed by atoms with E-state index in [2.05, 4.69) is 56.2 Å². The first-order valence-corrected chi connectivity index (χ1v) is 5.79. The summed E-state index contributed by atoms with van der Waals surface area (Å²) >= 11 is 0. The molecule has 0 radical (unpaired) electrons. The third kappa shape index (κ3) is 5.63. The molecule has 0 atom stereocenters. The van der Waals surface area contributed by atoms with Gasteiger partial charge in [0.05, 0.1) is 0 Å². The number of aromatic nitrogens is 1. The lowest BCUT2D eigenvalue weighted by molar-refractivity contribution is 0.361. The Balaban J connectivity index is 2.07. The van der Waals surface area contributed by atoms with E-state index in [1.54, 1.807) is 0 Å². The number of nitrogens with one attached hydrogen (secondary N) is 1. The number of hydrogen-bond acceptors (Lipinski definition) is 1. The van der Waals surface area contributed by atoms with Crippen LogP contribution in [-0.2, 0) is 13.6 Å². The van der Waals surface area contributed by atoms with Crippen LogP contribution in [0.1, 0.15) is 39.2 Å². The van der Waals surface area contributed by atoms with Gasteiger partial charge < -0.3 is 9.88 Å². The topological polar surface area (TPSA) is 17.0 Å². The normalized spacial score (nSPS) is 12.0. The third-order valence-corrected chi connectivity index (χ3v) is 2.50. The van der Waals surface area contributed by atoms with Crippen molar-refractivity contribution < 1.29 is 0 Å². The maximum atomic E-state index is 3.47. The van der Waals surface area contributed by atoms with E-state index in [-0.39, 0.29) is 0 Å². The molecular formula is C13H24N2. The van der Waals surface area contributed by atoms with Crippen molar-refractivity contribution in [3.05, 3.63) is 24.0 Å². The van der Waals surface area contributed by atoms with Crippen LogP contribution >= 0.6 is 0 Å². The van der Waals surface area contributed by atoms with Gasteiger partial charge in [0.15, 0.2) is 0 Å². The summed E-state index contributed by atoms with van der Waals surface area (Å²) in [5, 5.41) is 3.47. The first kappa shape index (κ1) is 12.3. The number of aryl methyl sites for hydroxylation is 1. The summed E-state index contributed by atoms with van der Waals surface area (Å²) in [7, 11) is 2.06. The Kier molecular flexibility index (Phi) is 4.40. The van der Waals surface area contributed by atoms with Crippen molar-refractivity contribution in [3.63, 3.8) is 0 Å². The predicted octanol–water partition coefficient (Wildman–Crippen LogP) is 2.94. The van der Waals surface area contributed by atoms with Crippen molar-refractivity contribution >= 4 is 0 Å². The number of rotatable bonds is 5. The van der Waals surface area contributed by atoms with Gasteiger partial charge in [-0.2, -0.15) is 0 Å². The van der Waals surface area contributed by atoms with Gasteiger partial charge in [-0.1, -0.05) is 20.8 Å². The second kappa shape index (κ2) is 5.36. The molecule has 1 N–H and O–H groups in total. The Morgan fingerprint density at radius 2 is 2.07 bits per heavy atom. The highest BCUT2D eigenvalue weighted by molar-refractivity contribution is 5.09. The lowest BCUT2D eigenvalue weighted by Crippen LogP contribution is -2.16. The molecule has 0 amide bonds.